The fraction of sp³-hybridized carbons (Fsp3) is 0.650. The molecule has 26 heteroatoms. The van der Waals surface area contributed by atoms with Crippen molar-refractivity contribution in [1.29, 1.82) is 0 Å². The average molecular weight is 936 g/mol. The minimum Gasteiger partial charge on any atom is -0.462 e. The van der Waals surface area contributed by atoms with E-state index in [-0.39, 0.29) is 12.5 Å². The molecule has 4 aliphatic rings. The van der Waals surface area contributed by atoms with Gasteiger partial charge in [-0.15, -0.1) is 0 Å². The van der Waals surface area contributed by atoms with Gasteiger partial charge in [0.05, 0.1) is 37.5 Å². The van der Waals surface area contributed by atoms with Crippen molar-refractivity contribution < 1.29 is 63.0 Å². The van der Waals surface area contributed by atoms with Crippen molar-refractivity contribution >= 4 is 42.1 Å². The number of aliphatic imine (C=N–C) groups is 1. The Bertz CT molecular complexity index is 1860. The van der Waals surface area contributed by atoms with Crippen LogP contribution >= 0.6 is 0 Å². The van der Waals surface area contributed by atoms with E-state index in [2.05, 4.69) is 56.1 Å². The highest BCUT2D eigenvalue weighted by atomic mass is 16.7. The molecule has 0 radical (unpaired) electrons. The van der Waals surface area contributed by atoms with Gasteiger partial charge in [-0.05, 0) is 69.6 Å². The number of guanidine groups is 1. The zero-order chi connectivity index (χ0) is 48.1. The van der Waals surface area contributed by atoms with Crippen molar-refractivity contribution in [3.8, 4) is 5.75 Å². The maximum Gasteiger partial charge on any atom is 0.326 e. The highest BCUT2D eigenvalue weighted by Gasteiger charge is 2.55. The predicted molar refractivity (Wildman–Crippen MR) is 235 cm³/mol. The molecule has 5 rings (SSSR count). The average Bonchev–Trinajstić information content (AvgIpc) is 3.62. The molecule has 0 saturated carbocycles. The van der Waals surface area contributed by atoms with Gasteiger partial charge in [0.2, 0.25) is 12.2 Å². The molecular weight excluding hydrogens is 871 g/mol. The van der Waals surface area contributed by atoms with E-state index >= 15 is 0 Å². The number of nitrogens with zero attached hydrogens (tertiary/aromatic N) is 2. The summed E-state index contributed by atoms with van der Waals surface area (Å²) in [4.78, 5) is 67.1. The lowest BCUT2D eigenvalue weighted by molar-refractivity contribution is -0.268. The Morgan fingerprint density at radius 2 is 1.62 bits per heavy atom. The summed E-state index contributed by atoms with van der Waals surface area (Å²) < 4.78 is 29.4. The Morgan fingerprint density at radius 1 is 0.909 bits per heavy atom. The number of carbonyl (C=O) groups is 5. The van der Waals surface area contributed by atoms with E-state index in [0.29, 0.717) is 28.8 Å². The van der Waals surface area contributed by atoms with E-state index in [1.807, 2.05) is 0 Å². The third kappa shape index (κ3) is 14.2. The predicted octanol–water partition coefficient (Wildman–Crippen LogP) is -3.93. The molecule has 0 spiro atoms. The van der Waals surface area contributed by atoms with Crippen LogP contribution in [0.15, 0.2) is 35.3 Å². The third-order valence-electron chi connectivity index (χ3n) is 11.1. The van der Waals surface area contributed by atoms with Crippen molar-refractivity contribution in [2.45, 2.75) is 126 Å². The zero-order valence-corrected chi connectivity index (χ0v) is 37.0. The number of hydrogen-bond donors (Lipinski definition) is 14. The number of imide groups is 1. The molecule has 4 saturated heterocycles. The van der Waals surface area contributed by atoms with Gasteiger partial charge >= 0.3 is 24.1 Å². The molecule has 1 aromatic carbocycles. The van der Waals surface area contributed by atoms with Gasteiger partial charge in [0.25, 0.3) is 0 Å². The van der Waals surface area contributed by atoms with Crippen molar-refractivity contribution in [2.24, 2.45) is 27.9 Å². The monoisotopic (exact) mass is 935 g/mol. The smallest absolute Gasteiger partial charge is 0.326 e. The molecule has 4 aliphatic heterocycles. The first kappa shape index (κ1) is 51.4. The number of benzene rings is 1. The zero-order valence-electron chi connectivity index (χ0n) is 37.0. The van der Waals surface area contributed by atoms with Gasteiger partial charge in [-0.2, -0.15) is 0 Å². The molecule has 26 nitrogen and oxygen atoms in total. The summed E-state index contributed by atoms with van der Waals surface area (Å²) in [5.74, 6) is -0.317. The van der Waals surface area contributed by atoms with Crippen LogP contribution in [0.4, 0.5) is 19.2 Å². The minimum absolute atomic E-state index is 0.232. The van der Waals surface area contributed by atoms with Crippen LogP contribution in [0, 0.1) is 0 Å². The molecule has 18 N–H and O–H groups in total. The molecule has 0 aromatic heterocycles. The van der Waals surface area contributed by atoms with E-state index in [4.69, 9.17) is 46.6 Å². The number of aliphatic hydroxyl groups excluding tert-OH is 3. The number of ether oxygens (including phenoxy) is 5. The Balaban J connectivity index is 1.12. The number of fused-ring (bicyclic) bond motifs is 1. The first-order valence-electron chi connectivity index (χ1n) is 21.8. The molecule has 1 aromatic rings. The van der Waals surface area contributed by atoms with Crippen LogP contribution in [0.1, 0.15) is 45.6 Å². The molecule has 0 aliphatic carbocycles. The summed E-state index contributed by atoms with van der Waals surface area (Å²) in [6.45, 7) is 8.33. The first-order valence-corrected chi connectivity index (χ1v) is 21.8. The Hall–Kier alpha value is -5.58. The van der Waals surface area contributed by atoms with Crippen LogP contribution in [0.3, 0.4) is 0 Å². The van der Waals surface area contributed by atoms with Crippen LogP contribution in [-0.2, 0) is 23.7 Å². The maximum absolute atomic E-state index is 13.5. The first-order chi connectivity index (χ1) is 31.4. The summed E-state index contributed by atoms with van der Waals surface area (Å²) in [7, 11) is 0. The summed E-state index contributed by atoms with van der Waals surface area (Å²) in [5, 5.41) is 52.7. The van der Waals surface area contributed by atoms with E-state index in [9.17, 15) is 39.3 Å². The van der Waals surface area contributed by atoms with Crippen molar-refractivity contribution in [3.63, 3.8) is 0 Å². The van der Waals surface area contributed by atoms with Gasteiger partial charge in [0.1, 0.15) is 42.2 Å². The van der Waals surface area contributed by atoms with E-state index in [0.717, 1.165) is 38.9 Å². The maximum atomic E-state index is 13.5. The molecule has 0 bridgehead atoms. The number of hydrogen-bond acceptors (Lipinski definition) is 16. The fourth-order valence-electron chi connectivity index (χ4n) is 7.83. The van der Waals surface area contributed by atoms with E-state index in [1.165, 1.54) is 6.08 Å². The fourth-order valence-corrected chi connectivity index (χ4v) is 7.83. The molecule has 368 valence electrons. The van der Waals surface area contributed by atoms with Gasteiger partial charge in [-0.3, -0.25) is 4.79 Å². The second-order valence-electron chi connectivity index (χ2n) is 16.5. The molecular formula is C40H65N13O13. The molecule has 9 amide bonds. The number of nitrogens with one attached hydrogen (secondary N) is 7. The van der Waals surface area contributed by atoms with E-state index < -0.39 is 116 Å². The largest absolute Gasteiger partial charge is 0.462 e. The quantitative estimate of drug-likeness (QED) is 0.0257. The lowest BCUT2D eigenvalue weighted by atomic mass is 9.95. The van der Waals surface area contributed by atoms with Gasteiger partial charge in [-0.1, -0.05) is 26.0 Å². The summed E-state index contributed by atoms with van der Waals surface area (Å²) in [6, 6.07) is -3.03. The van der Waals surface area contributed by atoms with Gasteiger partial charge in [0, 0.05) is 18.7 Å². The molecule has 0 unspecified atom stereocenters. The number of primary amides is 2. The molecule has 4 fully saturated rings. The second kappa shape index (κ2) is 24.3. The van der Waals surface area contributed by atoms with Crippen LogP contribution in [0.25, 0.3) is 6.08 Å². The van der Waals surface area contributed by atoms with Crippen molar-refractivity contribution in [2.75, 3.05) is 39.4 Å². The van der Waals surface area contributed by atoms with Crippen molar-refractivity contribution in [3.05, 3.63) is 35.9 Å². The summed E-state index contributed by atoms with van der Waals surface area (Å²) >= 11 is 0. The van der Waals surface area contributed by atoms with Crippen molar-refractivity contribution in [1.82, 2.24) is 42.1 Å². The van der Waals surface area contributed by atoms with Gasteiger partial charge in [0.15, 0.2) is 18.5 Å². The van der Waals surface area contributed by atoms with Crippen LogP contribution < -0.4 is 64.9 Å². The topological polar surface area (TPSA) is 396 Å². The Morgan fingerprint density at radius 3 is 2.30 bits per heavy atom. The third-order valence-corrected chi connectivity index (χ3v) is 11.1. The SMILES string of the molecule is CC(C)NCCCCNCCCNC(=O)/C=C/c1ccc(O[C@H]2O[C@H](C)[C@@H](NC(=O)N[C@H]3OC[C@@H](O[C@@H]4OC[C@@H](O)[C@@H]5NC(=O)N(C(N)=O)[C@@H]45)[C@H](O)[C@H]3NC(N)=O)[C@H](O)[C@H]2N=C(N)N)cc1. The Kier molecular flexibility index (Phi) is 18.9. The lowest BCUT2D eigenvalue weighted by Crippen LogP contribution is -2.69. The lowest BCUT2D eigenvalue weighted by Gasteiger charge is -2.44. The number of nitrogens with two attached hydrogens (primary N) is 4. The highest BCUT2D eigenvalue weighted by molar-refractivity contribution is 5.95. The molecule has 66 heavy (non-hydrogen) atoms. The highest BCUT2D eigenvalue weighted by Crippen LogP contribution is 2.30. The number of aliphatic hydroxyl groups is 3. The van der Waals surface area contributed by atoms with Gasteiger partial charge in [-0.25, -0.2) is 29.1 Å². The normalized spacial score (nSPS) is 30.8. The summed E-state index contributed by atoms with van der Waals surface area (Å²) in [6.07, 6.45) is -4.60. The van der Waals surface area contributed by atoms with Crippen LogP contribution in [-0.4, -0.2) is 181 Å². The number of unbranched alkanes of at least 4 members (excludes halogenated alkanes) is 1. The summed E-state index contributed by atoms with van der Waals surface area (Å²) in [5.41, 5.74) is 22.9. The van der Waals surface area contributed by atoms with Gasteiger partial charge < -0.3 is 99.2 Å². The standard InChI is InChI=1S/C40H65N13O13/c1-19(2)46-15-5-4-13-45-14-6-16-47-25(55)12-9-21-7-10-22(11-8-21)65-34-29(48-36(41)42)32(57)26(20(3)64-34)50-39(60)52-33-28(49-37(43)58)31(56)24(18-62-33)66-35-30-27(23(54)17-63-35)51-40(61)53(30)38(44)59/h7-12,19-20,23-24,26-35,45-46,54,56-57H,4-6,13-18H2,1-3H3,(H2,44,59)(H,47,55)(H,51,61)(H4,41,42,48)(H3,43,49,58)(H2,50,52,60)/b12-9+/t20-,23-,24-,26-,27+,28-,29-,30-,31+,32+,33+,34-,35+/m1/s1. The number of carbonyl (C=O) groups excluding carboxylic acids is 5. The molecule has 4 heterocycles. The molecule has 13 atom stereocenters. The number of urea groups is 4. The van der Waals surface area contributed by atoms with Crippen LogP contribution in [0.5, 0.6) is 5.75 Å². The van der Waals surface area contributed by atoms with E-state index in [1.54, 1.807) is 37.3 Å². The second-order valence-corrected chi connectivity index (χ2v) is 16.5. The minimum atomic E-state index is -1.64. The van der Waals surface area contributed by atoms with Crippen LogP contribution in [0.2, 0.25) is 0 Å². The number of amides is 9. The number of rotatable bonds is 20. The Labute approximate surface area is 381 Å².